The van der Waals surface area contributed by atoms with Crippen molar-refractivity contribution in [3.8, 4) is 5.75 Å². The van der Waals surface area contributed by atoms with Crippen LogP contribution >= 0.6 is 11.3 Å². The molecule has 0 bridgehead atoms. The third-order valence-electron chi connectivity index (χ3n) is 1.45. The molecule has 56 valence electrons. The van der Waals surface area contributed by atoms with Crippen molar-refractivity contribution in [1.29, 1.82) is 0 Å². The van der Waals surface area contributed by atoms with Crippen molar-refractivity contribution >= 4 is 11.3 Å². The summed E-state index contributed by atoms with van der Waals surface area (Å²) >= 11 is 1.54. The van der Waals surface area contributed by atoms with Gasteiger partial charge >= 0.3 is 0 Å². The van der Waals surface area contributed by atoms with Gasteiger partial charge in [0, 0.05) is 10.9 Å². The number of rotatable bonds is 0. The lowest BCUT2D eigenvalue weighted by molar-refractivity contribution is 0.450. The van der Waals surface area contributed by atoms with Gasteiger partial charge in [-0.15, -0.1) is 11.3 Å². The molecule has 0 atom stereocenters. The van der Waals surface area contributed by atoms with Gasteiger partial charge in [0.25, 0.3) is 0 Å². The first kappa shape index (κ1) is 7.61. The Kier molecular flexibility index (Phi) is 1.73. The Balaban J connectivity index is 3.05. The number of hydrogen-bond donors (Lipinski definition) is 1. The van der Waals surface area contributed by atoms with E-state index in [1.54, 1.807) is 16.7 Å². The van der Waals surface area contributed by atoms with Crippen molar-refractivity contribution in [2.45, 2.75) is 26.2 Å². The van der Waals surface area contributed by atoms with E-state index in [1.165, 1.54) is 0 Å². The number of thiophene rings is 1. The Morgan fingerprint density at radius 3 is 2.10 bits per heavy atom. The molecule has 0 fully saturated rings. The Morgan fingerprint density at radius 2 is 1.90 bits per heavy atom. The quantitative estimate of drug-likeness (QED) is 0.612. The summed E-state index contributed by atoms with van der Waals surface area (Å²) < 4.78 is 0. The van der Waals surface area contributed by atoms with Crippen molar-refractivity contribution in [1.82, 2.24) is 0 Å². The van der Waals surface area contributed by atoms with E-state index >= 15 is 0 Å². The lowest BCUT2D eigenvalue weighted by atomic mass is 9.89. The van der Waals surface area contributed by atoms with Crippen molar-refractivity contribution in [3.63, 3.8) is 0 Å². The van der Waals surface area contributed by atoms with Crippen LogP contribution in [0.25, 0.3) is 0 Å². The Bertz CT molecular complexity index is 219. The first-order valence-electron chi connectivity index (χ1n) is 3.27. The van der Waals surface area contributed by atoms with Crippen LogP contribution in [0.15, 0.2) is 10.8 Å². The molecule has 0 aromatic carbocycles. The minimum atomic E-state index is 0.0735. The summed E-state index contributed by atoms with van der Waals surface area (Å²) in [5.41, 5.74) is 1.11. The van der Waals surface area contributed by atoms with Gasteiger partial charge in [0.1, 0.15) is 5.75 Å². The molecule has 1 heterocycles. The Morgan fingerprint density at radius 1 is 1.30 bits per heavy atom. The fraction of sp³-hybridized carbons (Fsp3) is 0.500. The Hall–Kier alpha value is -0.500. The smallest absolute Gasteiger partial charge is 0.129 e. The highest BCUT2D eigenvalue weighted by Crippen LogP contribution is 2.32. The van der Waals surface area contributed by atoms with Crippen LogP contribution in [-0.4, -0.2) is 5.11 Å². The van der Waals surface area contributed by atoms with Crippen molar-refractivity contribution in [3.05, 3.63) is 16.3 Å². The van der Waals surface area contributed by atoms with Crippen LogP contribution in [-0.2, 0) is 5.41 Å². The monoisotopic (exact) mass is 156 g/mol. The van der Waals surface area contributed by atoms with E-state index in [9.17, 15) is 5.11 Å². The molecule has 10 heavy (non-hydrogen) atoms. The first-order chi connectivity index (χ1) is 4.52. The van der Waals surface area contributed by atoms with Gasteiger partial charge in [0.15, 0.2) is 0 Å². The lowest BCUT2D eigenvalue weighted by Crippen LogP contribution is -2.09. The molecule has 0 aliphatic carbocycles. The topological polar surface area (TPSA) is 20.2 Å². The fourth-order valence-electron chi connectivity index (χ4n) is 0.851. The molecule has 0 unspecified atom stereocenters. The standard InChI is InChI=1S/C8H12OS/c1-8(2,3)6-4-10-5-7(6)9/h4-5,9H,1-3H3. The highest BCUT2D eigenvalue weighted by molar-refractivity contribution is 7.08. The highest BCUT2D eigenvalue weighted by Gasteiger charge is 2.17. The summed E-state index contributed by atoms with van der Waals surface area (Å²) in [6, 6.07) is 0. The summed E-state index contributed by atoms with van der Waals surface area (Å²) in [7, 11) is 0. The first-order valence-corrected chi connectivity index (χ1v) is 4.22. The molecule has 1 nitrogen and oxygen atoms in total. The van der Waals surface area contributed by atoms with Gasteiger partial charge in [-0.05, 0) is 10.8 Å². The summed E-state index contributed by atoms with van der Waals surface area (Å²) in [6.07, 6.45) is 0. The maximum absolute atomic E-state index is 9.30. The zero-order valence-corrected chi connectivity index (χ0v) is 7.33. The van der Waals surface area contributed by atoms with Gasteiger partial charge in [0.05, 0.1) is 0 Å². The SMILES string of the molecule is CC(C)(C)c1cscc1O. The van der Waals surface area contributed by atoms with E-state index in [1.807, 2.05) is 5.38 Å². The molecule has 0 saturated heterocycles. The maximum atomic E-state index is 9.30. The lowest BCUT2D eigenvalue weighted by Gasteiger charge is -2.16. The minimum absolute atomic E-state index is 0.0735. The van der Waals surface area contributed by atoms with E-state index in [0.717, 1.165) is 5.56 Å². The van der Waals surface area contributed by atoms with Crippen LogP contribution in [0.1, 0.15) is 26.3 Å². The normalized spacial score (nSPS) is 11.9. The molecule has 1 N–H and O–H groups in total. The third-order valence-corrected chi connectivity index (χ3v) is 2.18. The average molecular weight is 156 g/mol. The van der Waals surface area contributed by atoms with E-state index in [0.29, 0.717) is 5.75 Å². The summed E-state index contributed by atoms with van der Waals surface area (Å²) in [5, 5.41) is 13.1. The van der Waals surface area contributed by atoms with Gasteiger partial charge in [-0.1, -0.05) is 20.8 Å². The minimum Gasteiger partial charge on any atom is -0.507 e. The second-order valence-electron chi connectivity index (χ2n) is 3.42. The van der Waals surface area contributed by atoms with Gasteiger partial charge in [-0.3, -0.25) is 0 Å². The predicted octanol–water partition coefficient (Wildman–Crippen LogP) is 2.75. The molecule has 0 aliphatic rings. The van der Waals surface area contributed by atoms with Gasteiger partial charge in [-0.2, -0.15) is 0 Å². The van der Waals surface area contributed by atoms with Crippen LogP contribution in [0.3, 0.4) is 0 Å². The van der Waals surface area contributed by atoms with Gasteiger partial charge in [-0.25, -0.2) is 0 Å². The molecular formula is C8H12OS. The molecule has 2 heteroatoms. The molecule has 1 rings (SSSR count). The van der Waals surface area contributed by atoms with Crippen LogP contribution in [0, 0.1) is 0 Å². The van der Waals surface area contributed by atoms with Crippen LogP contribution in [0.5, 0.6) is 5.75 Å². The average Bonchev–Trinajstić information content (AvgIpc) is 2.11. The third kappa shape index (κ3) is 1.32. The summed E-state index contributed by atoms with van der Waals surface area (Å²) in [6.45, 7) is 6.28. The zero-order chi connectivity index (χ0) is 7.78. The number of hydrogen-bond acceptors (Lipinski definition) is 2. The van der Waals surface area contributed by atoms with Crippen molar-refractivity contribution < 1.29 is 5.11 Å². The van der Waals surface area contributed by atoms with E-state index in [4.69, 9.17) is 0 Å². The Labute approximate surface area is 65.3 Å². The van der Waals surface area contributed by atoms with E-state index in [2.05, 4.69) is 20.8 Å². The molecule has 0 amide bonds. The van der Waals surface area contributed by atoms with Crippen LogP contribution in [0.2, 0.25) is 0 Å². The molecule has 0 spiro atoms. The van der Waals surface area contributed by atoms with E-state index in [-0.39, 0.29) is 5.41 Å². The fourth-order valence-corrected chi connectivity index (χ4v) is 1.79. The second kappa shape index (κ2) is 2.27. The highest BCUT2D eigenvalue weighted by atomic mass is 32.1. The van der Waals surface area contributed by atoms with Gasteiger partial charge < -0.3 is 5.11 Å². The van der Waals surface area contributed by atoms with Gasteiger partial charge in [0.2, 0.25) is 0 Å². The summed E-state index contributed by atoms with van der Waals surface area (Å²) in [4.78, 5) is 0. The molecule has 1 aromatic heterocycles. The van der Waals surface area contributed by atoms with E-state index < -0.39 is 0 Å². The van der Waals surface area contributed by atoms with Crippen molar-refractivity contribution in [2.75, 3.05) is 0 Å². The maximum Gasteiger partial charge on any atom is 0.129 e. The number of aromatic hydroxyl groups is 1. The predicted molar refractivity (Wildman–Crippen MR) is 44.7 cm³/mol. The molecule has 0 radical (unpaired) electrons. The molecule has 1 aromatic rings. The van der Waals surface area contributed by atoms with Crippen LogP contribution in [0.4, 0.5) is 0 Å². The zero-order valence-electron chi connectivity index (χ0n) is 6.51. The summed E-state index contributed by atoms with van der Waals surface area (Å²) in [5.74, 6) is 0.428. The molecule has 0 aliphatic heterocycles. The second-order valence-corrected chi connectivity index (χ2v) is 4.16. The molecule has 0 saturated carbocycles. The molecular weight excluding hydrogens is 144 g/mol. The van der Waals surface area contributed by atoms with Crippen LogP contribution < -0.4 is 0 Å². The van der Waals surface area contributed by atoms with Crippen molar-refractivity contribution in [2.24, 2.45) is 0 Å². The largest absolute Gasteiger partial charge is 0.507 e.